The molecule has 2 aromatic carbocycles. The van der Waals surface area contributed by atoms with E-state index in [4.69, 9.17) is 0 Å². The van der Waals surface area contributed by atoms with Gasteiger partial charge in [-0.2, -0.15) is 18.3 Å². The lowest BCUT2D eigenvalue weighted by Crippen LogP contribution is -2.18. The number of anilines is 1. The Hall–Kier alpha value is -3.42. The molecule has 0 aliphatic heterocycles. The molecule has 0 spiro atoms. The topological polar surface area (TPSA) is 64.0 Å². The molecule has 8 heteroatoms. The van der Waals surface area contributed by atoms with E-state index in [2.05, 4.69) is 10.4 Å². The van der Waals surface area contributed by atoms with Crippen LogP contribution < -0.4 is 5.32 Å². The molecule has 0 unspecified atom stereocenters. The number of amides is 1. The lowest BCUT2D eigenvalue weighted by Gasteiger charge is -2.15. The quantitative estimate of drug-likeness (QED) is 0.569. The van der Waals surface area contributed by atoms with Crippen molar-refractivity contribution in [3.8, 4) is 5.69 Å². The van der Waals surface area contributed by atoms with Crippen molar-refractivity contribution in [1.82, 2.24) is 9.78 Å². The number of hydrogen-bond donors (Lipinski definition) is 1. The van der Waals surface area contributed by atoms with E-state index in [-0.39, 0.29) is 30.0 Å². The number of nitrogens with one attached hydrogen (secondary N) is 1. The van der Waals surface area contributed by atoms with Crippen molar-refractivity contribution in [2.75, 3.05) is 5.32 Å². The zero-order valence-electron chi connectivity index (χ0n) is 16.5. The number of aryl methyl sites for hydroxylation is 2. The van der Waals surface area contributed by atoms with Gasteiger partial charge in [0.2, 0.25) is 5.91 Å². The van der Waals surface area contributed by atoms with Crippen LogP contribution in [0.25, 0.3) is 5.69 Å². The fourth-order valence-electron chi connectivity index (χ4n) is 2.94. The second-order valence-electron chi connectivity index (χ2n) is 6.95. The number of rotatable bonds is 6. The molecule has 0 saturated heterocycles. The molecule has 1 N–H and O–H groups in total. The first-order valence-corrected chi connectivity index (χ1v) is 9.27. The van der Waals surface area contributed by atoms with Crippen molar-refractivity contribution in [1.29, 1.82) is 0 Å². The molecule has 0 atom stereocenters. The molecule has 156 valence electrons. The first-order chi connectivity index (χ1) is 14.1. The second kappa shape index (κ2) is 8.52. The van der Waals surface area contributed by atoms with Gasteiger partial charge in [0.05, 0.1) is 16.9 Å². The fourth-order valence-corrected chi connectivity index (χ4v) is 2.94. The zero-order valence-corrected chi connectivity index (χ0v) is 16.5. The minimum Gasteiger partial charge on any atom is -0.325 e. The summed E-state index contributed by atoms with van der Waals surface area (Å²) in [6.07, 6.45) is -2.01. The SMILES string of the molecule is Cc1ccc(C(=O)CCC(=O)Nc2ccc(-n3cccn3)cc2C(F)(F)F)cc1C. The summed E-state index contributed by atoms with van der Waals surface area (Å²) in [7, 11) is 0. The molecule has 0 aliphatic rings. The number of ketones is 1. The number of carbonyl (C=O) groups excluding carboxylic acids is 2. The number of hydrogen-bond acceptors (Lipinski definition) is 3. The molecule has 0 saturated carbocycles. The Morgan fingerprint density at radius 3 is 2.43 bits per heavy atom. The van der Waals surface area contributed by atoms with Crippen LogP contribution >= 0.6 is 0 Å². The monoisotopic (exact) mass is 415 g/mol. The van der Waals surface area contributed by atoms with Crippen LogP contribution in [0.2, 0.25) is 0 Å². The summed E-state index contributed by atoms with van der Waals surface area (Å²) < 4.78 is 41.8. The van der Waals surface area contributed by atoms with E-state index in [1.165, 1.54) is 29.2 Å². The predicted octanol–water partition coefficient (Wildman–Crippen LogP) is 5.11. The van der Waals surface area contributed by atoms with Crippen LogP contribution in [0.3, 0.4) is 0 Å². The maximum absolute atomic E-state index is 13.5. The Labute approximate surface area is 171 Å². The van der Waals surface area contributed by atoms with E-state index >= 15 is 0 Å². The number of nitrogens with zero attached hydrogens (tertiary/aromatic N) is 2. The summed E-state index contributed by atoms with van der Waals surface area (Å²) >= 11 is 0. The highest BCUT2D eigenvalue weighted by Gasteiger charge is 2.34. The molecule has 1 aromatic heterocycles. The normalized spacial score (nSPS) is 11.4. The van der Waals surface area contributed by atoms with Crippen LogP contribution in [0.15, 0.2) is 54.9 Å². The van der Waals surface area contributed by atoms with Crippen LogP contribution in [-0.2, 0) is 11.0 Å². The number of benzene rings is 2. The molecule has 5 nitrogen and oxygen atoms in total. The van der Waals surface area contributed by atoms with Gasteiger partial charge in [0.1, 0.15) is 0 Å². The Bertz CT molecular complexity index is 1070. The molecule has 0 bridgehead atoms. The van der Waals surface area contributed by atoms with Crippen molar-refractivity contribution in [2.24, 2.45) is 0 Å². The molecule has 0 aliphatic carbocycles. The van der Waals surface area contributed by atoms with Crippen molar-refractivity contribution >= 4 is 17.4 Å². The average molecular weight is 415 g/mol. The van der Waals surface area contributed by atoms with Crippen LogP contribution in [0, 0.1) is 13.8 Å². The Morgan fingerprint density at radius 2 is 1.80 bits per heavy atom. The fraction of sp³-hybridized carbons (Fsp3) is 0.227. The Kier molecular flexibility index (Phi) is 6.05. The van der Waals surface area contributed by atoms with Crippen LogP contribution in [0.1, 0.15) is 39.9 Å². The molecule has 1 heterocycles. The van der Waals surface area contributed by atoms with Gasteiger partial charge in [-0.15, -0.1) is 0 Å². The summed E-state index contributed by atoms with van der Waals surface area (Å²) in [6, 6.07) is 10.4. The van der Waals surface area contributed by atoms with Gasteiger partial charge >= 0.3 is 6.18 Å². The van der Waals surface area contributed by atoms with E-state index < -0.39 is 17.6 Å². The van der Waals surface area contributed by atoms with Gasteiger partial charge in [-0.05, 0) is 55.3 Å². The largest absolute Gasteiger partial charge is 0.418 e. The summed E-state index contributed by atoms with van der Waals surface area (Å²) in [6.45, 7) is 3.80. The van der Waals surface area contributed by atoms with Crippen molar-refractivity contribution in [3.05, 3.63) is 77.1 Å². The molecular formula is C22H20F3N3O2. The maximum Gasteiger partial charge on any atom is 0.418 e. The van der Waals surface area contributed by atoms with Crippen LogP contribution in [0.5, 0.6) is 0 Å². The number of Topliss-reactive ketones (excluding diaryl/α,β-unsaturated/α-hetero) is 1. The van der Waals surface area contributed by atoms with E-state index in [0.717, 1.165) is 17.2 Å². The van der Waals surface area contributed by atoms with Crippen LogP contribution in [-0.4, -0.2) is 21.5 Å². The standard InChI is InChI=1S/C22H20F3N3O2/c1-14-4-5-16(12-15(14)2)20(29)8-9-21(30)27-19-7-6-17(28-11-3-10-26-28)13-18(19)22(23,24)25/h3-7,10-13H,8-9H2,1-2H3,(H,27,30). The summed E-state index contributed by atoms with van der Waals surface area (Å²) in [5, 5.41) is 6.19. The maximum atomic E-state index is 13.5. The van der Waals surface area contributed by atoms with E-state index in [0.29, 0.717) is 5.56 Å². The van der Waals surface area contributed by atoms with Gasteiger partial charge in [-0.1, -0.05) is 12.1 Å². The highest BCUT2D eigenvalue weighted by molar-refractivity contribution is 6.00. The molecule has 30 heavy (non-hydrogen) atoms. The highest BCUT2D eigenvalue weighted by Crippen LogP contribution is 2.36. The molecule has 3 rings (SSSR count). The molecular weight excluding hydrogens is 395 g/mol. The first kappa shape index (κ1) is 21.3. The number of aromatic nitrogens is 2. The number of carbonyl (C=O) groups is 2. The lowest BCUT2D eigenvalue weighted by molar-refractivity contribution is -0.137. The third kappa shape index (κ3) is 4.94. The van der Waals surface area contributed by atoms with Gasteiger partial charge < -0.3 is 5.32 Å². The molecule has 3 aromatic rings. The second-order valence-corrected chi connectivity index (χ2v) is 6.95. The third-order valence-corrected chi connectivity index (χ3v) is 4.76. The Balaban J connectivity index is 1.71. The predicted molar refractivity (Wildman–Crippen MR) is 107 cm³/mol. The number of halogens is 3. The van der Waals surface area contributed by atoms with E-state index in [1.807, 2.05) is 19.9 Å². The van der Waals surface area contributed by atoms with Crippen molar-refractivity contribution < 1.29 is 22.8 Å². The molecule has 1 amide bonds. The first-order valence-electron chi connectivity index (χ1n) is 9.27. The van der Waals surface area contributed by atoms with Gasteiger partial charge in [0.25, 0.3) is 0 Å². The van der Waals surface area contributed by atoms with Crippen molar-refractivity contribution in [2.45, 2.75) is 32.9 Å². The molecule has 0 radical (unpaired) electrons. The van der Waals surface area contributed by atoms with Crippen LogP contribution in [0.4, 0.5) is 18.9 Å². The van der Waals surface area contributed by atoms with Gasteiger partial charge in [-0.25, -0.2) is 4.68 Å². The van der Waals surface area contributed by atoms with Gasteiger partial charge in [0.15, 0.2) is 5.78 Å². The average Bonchev–Trinajstić information content (AvgIpc) is 3.22. The summed E-state index contributed by atoms with van der Waals surface area (Å²) in [4.78, 5) is 24.5. The zero-order chi connectivity index (χ0) is 21.9. The summed E-state index contributed by atoms with van der Waals surface area (Å²) in [5.41, 5.74) is 1.35. The van der Waals surface area contributed by atoms with E-state index in [9.17, 15) is 22.8 Å². The van der Waals surface area contributed by atoms with Crippen molar-refractivity contribution in [3.63, 3.8) is 0 Å². The minimum atomic E-state index is -4.67. The van der Waals surface area contributed by atoms with Gasteiger partial charge in [-0.3, -0.25) is 9.59 Å². The Morgan fingerprint density at radius 1 is 1.03 bits per heavy atom. The smallest absolute Gasteiger partial charge is 0.325 e. The highest BCUT2D eigenvalue weighted by atomic mass is 19.4. The summed E-state index contributed by atoms with van der Waals surface area (Å²) in [5.74, 6) is -0.900. The van der Waals surface area contributed by atoms with E-state index in [1.54, 1.807) is 18.2 Å². The third-order valence-electron chi connectivity index (χ3n) is 4.76. The minimum absolute atomic E-state index is 0.0962. The molecule has 0 fully saturated rings. The van der Waals surface area contributed by atoms with Gasteiger partial charge in [0, 0.05) is 30.8 Å². The lowest BCUT2D eigenvalue weighted by atomic mass is 10.0. The number of alkyl halides is 3.